The lowest BCUT2D eigenvalue weighted by Crippen LogP contribution is -2.41. The van der Waals surface area contributed by atoms with Crippen LogP contribution in [0.5, 0.6) is 0 Å². The van der Waals surface area contributed by atoms with Crippen LogP contribution in [0.4, 0.5) is 0 Å². The van der Waals surface area contributed by atoms with Crippen molar-refractivity contribution in [3.63, 3.8) is 0 Å². The number of piperidine rings is 1. The van der Waals surface area contributed by atoms with Gasteiger partial charge in [-0.1, -0.05) is 20.3 Å². The van der Waals surface area contributed by atoms with Crippen LogP contribution in [0.3, 0.4) is 0 Å². The number of aryl methyl sites for hydroxylation is 2. The fourth-order valence-corrected chi connectivity index (χ4v) is 5.05. The molecular formula is C18H29N3OS. The highest BCUT2D eigenvalue weighted by Crippen LogP contribution is 2.36. The Kier molecular flexibility index (Phi) is 5.70. The van der Waals surface area contributed by atoms with Crippen LogP contribution < -0.4 is 5.32 Å². The second-order valence-corrected chi connectivity index (χ2v) is 7.89. The molecule has 1 N–H and O–H groups in total. The third-order valence-electron chi connectivity index (χ3n) is 5.10. The summed E-state index contributed by atoms with van der Waals surface area (Å²) < 4.78 is 0. The van der Waals surface area contributed by atoms with Crippen LogP contribution >= 0.6 is 11.3 Å². The van der Waals surface area contributed by atoms with Crippen LogP contribution in [0.25, 0.3) is 0 Å². The van der Waals surface area contributed by atoms with E-state index in [0.29, 0.717) is 11.8 Å². The first-order valence-corrected chi connectivity index (χ1v) is 10.0. The molecule has 2 fully saturated rings. The van der Waals surface area contributed by atoms with E-state index in [1.54, 1.807) is 0 Å². The van der Waals surface area contributed by atoms with Crippen molar-refractivity contribution in [3.8, 4) is 0 Å². The Morgan fingerprint density at radius 3 is 2.74 bits per heavy atom. The van der Waals surface area contributed by atoms with Gasteiger partial charge in [-0.25, -0.2) is 4.98 Å². The molecule has 3 heterocycles. The molecule has 2 aliphatic rings. The molecule has 0 aromatic carbocycles. The highest BCUT2D eigenvalue weighted by Gasteiger charge is 2.38. The van der Waals surface area contributed by atoms with E-state index in [1.165, 1.54) is 22.0 Å². The molecule has 1 amide bonds. The average Bonchev–Trinajstić information content (AvgIpc) is 3.21. The first-order valence-electron chi connectivity index (χ1n) is 9.22. The van der Waals surface area contributed by atoms with Crippen molar-refractivity contribution in [2.45, 2.75) is 58.3 Å². The highest BCUT2D eigenvalue weighted by molar-refractivity contribution is 7.11. The maximum atomic E-state index is 13.0. The molecule has 0 radical (unpaired) electrons. The molecular weight excluding hydrogens is 306 g/mol. The summed E-state index contributed by atoms with van der Waals surface area (Å²) in [6.45, 7) is 8.02. The van der Waals surface area contributed by atoms with Crippen molar-refractivity contribution in [3.05, 3.63) is 15.6 Å². The summed E-state index contributed by atoms with van der Waals surface area (Å²) in [5.74, 6) is 0.797. The predicted molar refractivity (Wildman–Crippen MR) is 95.0 cm³/mol. The van der Waals surface area contributed by atoms with Crippen molar-refractivity contribution in [1.82, 2.24) is 15.2 Å². The molecule has 2 aliphatic heterocycles. The van der Waals surface area contributed by atoms with Gasteiger partial charge in [0.1, 0.15) is 0 Å². The molecule has 128 valence electrons. The Labute approximate surface area is 143 Å². The third-order valence-corrected chi connectivity index (χ3v) is 6.47. The lowest BCUT2D eigenvalue weighted by atomic mass is 9.91. The molecule has 1 aromatic heterocycles. The van der Waals surface area contributed by atoms with Crippen molar-refractivity contribution in [2.75, 3.05) is 26.2 Å². The first kappa shape index (κ1) is 16.9. The Hall–Kier alpha value is -0.940. The summed E-state index contributed by atoms with van der Waals surface area (Å²) >= 11 is 1.84. The lowest BCUT2D eigenvalue weighted by Gasteiger charge is -2.30. The Morgan fingerprint density at radius 2 is 2.04 bits per heavy atom. The average molecular weight is 336 g/mol. The lowest BCUT2D eigenvalue weighted by molar-refractivity contribution is -0.136. The van der Waals surface area contributed by atoms with E-state index in [2.05, 4.69) is 24.1 Å². The van der Waals surface area contributed by atoms with Gasteiger partial charge >= 0.3 is 0 Å². The maximum absolute atomic E-state index is 13.0. The highest BCUT2D eigenvalue weighted by atomic mass is 32.1. The van der Waals surface area contributed by atoms with E-state index in [0.717, 1.165) is 58.3 Å². The van der Waals surface area contributed by atoms with Crippen LogP contribution in [-0.4, -0.2) is 42.0 Å². The topological polar surface area (TPSA) is 45.2 Å². The van der Waals surface area contributed by atoms with Gasteiger partial charge in [-0.05, 0) is 32.1 Å². The number of thiazole rings is 1. The zero-order valence-corrected chi connectivity index (χ0v) is 15.3. The fraction of sp³-hybridized carbons (Fsp3) is 0.778. The number of carbonyl (C=O) groups is 1. The summed E-state index contributed by atoms with van der Waals surface area (Å²) in [5, 5.41) is 4.69. The van der Waals surface area contributed by atoms with Gasteiger partial charge in [0.25, 0.3) is 0 Å². The van der Waals surface area contributed by atoms with Gasteiger partial charge in [0.05, 0.1) is 16.6 Å². The second kappa shape index (κ2) is 7.75. The molecule has 1 aromatic rings. The maximum Gasteiger partial charge on any atom is 0.227 e. The zero-order chi connectivity index (χ0) is 16.2. The monoisotopic (exact) mass is 335 g/mol. The van der Waals surface area contributed by atoms with Crippen LogP contribution in [-0.2, 0) is 17.6 Å². The van der Waals surface area contributed by atoms with Crippen molar-refractivity contribution in [1.29, 1.82) is 0 Å². The van der Waals surface area contributed by atoms with Gasteiger partial charge in [-0.15, -0.1) is 11.3 Å². The van der Waals surface area contributed by atoms with E-state index in [-0.39, 0.29) is 5.92 Å². The molecule has 0 spiro atoms. The van der Waals surface area contributed by atoms with Gasteiger partial charge < -0.3 is 10.2 Å². The van der Waals surface area contributed by atoms with E-state index in [9.17, 15) is 4.79 Å². The number of amides is 1. The standard InChI is InChI=1S/C18H29N3OS/c1-3-8-15-17(23-16(4-2)20-15)13-11-19-12-14(13)18(22)21-9-6-5-7-10-21/h13-14,19H,3-12H2,1-2H3/t13-,14?/m1/s1. The molecule has 23 heavy (non-hydrogen) atoms. The summed E-state index contributed by atoms with van der Waals surface area (Å²) in [5.41, 5.74) is 1.25. The molecule has 0 saturated carbocycles. The fourth-order valence-electron chi connectivity index (χ4n) is 3.83. The summed E-state index contributed by atoms with van der Waals surface area (Å²) in [6, 6.07) is 0. The number of hydrogen-bond donors (Lipinski definition) is 1. The van der Waals surface area contributed by atoms with Crippen LogP contribution in [0, 0.1) is 5.92 Å². The van der Waals surface area contributed by atoms with Crippen molar-refractivity contribution in [2.24, 2.45) is 5.92 Å². The van der Waals surface area contributed by atoms with Gasteiger partial charge in [0.15, 0.2) is 0 Å². The minimum Gasteiger partial charge on any atom is -0.342 e. The SMILES string of the molecule is CCCc1nc(CC)sc1[C@@H]1CNCC1C(=O)N1CCCCC1. The molecule has 2 atom stereocenters. The molecule has 2 saturated heterocycles. The smallest absolute Gasteiger partial charge is 0.227 e. The van der Waals surface area contributed by atoms with Gasteiger partial charge in [0, 0.05) is 37.0 Å². The predicted octanol–water partition coefficient (Wildman–Crippen LogP) is 2.97. The number of aromatic nitrogens is 1. The minimum atomic E-state index is 0.105. The van der Waals surface area contributed by atoms with Crippen molar-refractivity contribution >= 4 is 17.2 Å². The third kappa shape index (κ3) is 3.61. The normalized spacial score (nSPS) is 25.0. The molecule has 1 unspecified atom stereocenters. The molecule has 5 heteroatoms. The molecule has 0 bridgehead atoms. The van der Waals surface area contributed by atoms with Gasteiger partial charge in [-0.3, -0.25) is 4.79 Å². The zero-order valence-electron chi connectivity index (χ0n) is 14.4. The van der Waals surface area contributed by atoms with E-state index < -0.39 is 0 Å². The number of nitrogens with zero attached hydrogens (tertiary/aromatic N) is 2. The second-order valence-electron chi connectivity index (χ2n) is 6.78. The van der Waals surface area contributed by atoms with E-state index in [4.69, 9.17) is 4.98 Å². The number of hydrogen-bond acceptors (Lipinski definition) is 4. The summed E-state index contributed by atoms with van der Waals surface area (Å²) in [6.07, 6.45) is 6.74. The molecule has 3 rings (SSSR count). The molecule has 4 nitrogen and oxygen atoms in total. The number of nitrogens with one attached hydrogen (secondary N) is 1. The van der Waals surface area contributed by atoms with E-state index >= 15 is 0 Å². The number of rotatable bonds is 5. The quantitative estimate of drug-likeness (QED) is 0.900. The number of likely N-dealkylation sites (tertiary alicyclic amines) is 1. The van der Waals surface area contributed by atoms with Gasteiger partial charge in [0.2, 0.25) is 5.91 Å². The Balaban J connectivity index is 1.80. The number of carbonyl (C=O) groups excluding carboxylic acids is 1. The van der Waals surface area contributed by atoms with Crippen molar-refractivity contribution < 1.29 is 4.79 Å². The van der Waals surface area contributed by atoms with Gasteiger partial charge in [-0.2, -0.15) is 0 Å². The van der Waals surface area contributed by atoms with Crippen LogP contribution in [0.2, 0.25) is 0 Å². The van der Waals surface area contributed by atoms with E-state index in [1.807, 2.05) is 11.3 Å². The minimum absolute atomic E-state index is 0.105. The Bertz CT molecular complexity index is 536. The summed E-state index contributed by atoms with van der Waals surface area (Å²) in [4.78, 5) is 21.3. The Morgan fingerprint density at radius 1 is 1.26 bits per heavy atom. The van der Waals surface area contributed by atoms with Crippen LogP contribution in [0.15, 0.2) is 0 Å². The first-order chi connectivity index (χ1) is 11.2. The summed E-state index contributed by atoms with van der Waals surface area (Å²) in [7, 11) is 0. The molecule has 0 aliphatic carbocycles. The van der Waals surface area contributed by atoms with Crippen LogP contribution in [0.1, 0.15) is 61.0 Å². The largest absolute Gasteiger partial charge is 0.342 e.